The molecule has 0 aliphatic heterocycles. The van der Waals surface area contributed by atoms with Gasteiger partial charge in [-0.2, -0.15) is 18.4 Å². The van der Waals surface area contributed by atoms with Crippen molar-refractivity contribution in [1.82, 2.24) is 19.4 Å². The second-order valence-electron chi connectivity index (χ2n) is 7.90. The molecule has 2 unspecified atom stereocenters. The zero-order valence-electron chi connectivity index (χ0n) is 19.2. The van der Waals surface area contributed by atoms with E-state index in [0.29, 0.717) is 12.2 Å². The maximum absolute atomic E-state index is 13.6. The highest BCUT2D eigenvalue weighted by atomic mass is 19.4. The first-order valence-corrected chi connectivity index (χ1v) is 10.2. The van der Waals surface area contributed by atoms with Crippen LogP contribution in [-0.2, 0) is 22.2 Å². The Bertz CT molecular complexity index is 1060. The van der Waals surface area contributed by atoms with Crippen LogP contribution >= 0.6 is 0 Å². The number of carbonyl (C=O) groups is 1. The summed E-state index contributed by atoms with van der Waals surface area (Å²) in [6.07, 6.45) is -2.06. The molecule has 0 aliphatic rings. The SMILES string of the molecule is COCC(C)n1c(C)cc(/C=C(/C#N)C(=O)NCCC(O)(c2nccn2C)C(F)(F)F)c1C. The molecule has 11 heteroatoms. The van der Waals surface area contributed by atoms with E-state index < -0.39 is 36.5 Å². The van der Waals surface area contributed by atoms with Gasteiger partial charge in [0.15, 0.2) is 0 Å². The van der Waals surface area contributed by atoms with E-state index >= 15 is 0 Å². The number of rotatable bonds is 9. The number of aromatic nitrogens is 3. The average molecular weight is 467 g/mol. The van der Waals surface area contributed by atoms with Gasteiger partial charge in [-0.15, -0.1) is 0 Å². The van der Waals surface area contributed by atoms with Gasteiger partial charge in [0.25, 0.3) is 5.91 Å². The molecule has 33 heavy (non-hydrogen) atoms. The molecule has 2 aromatic heterocycles. The second kappa shape index (κ2) is 10.2. The van der Waals surface area contributed by atoms with Crippen molar-refractivity contribution in [1.29, 1.82) is 5.26 Å². The zero-order valence-corrected chi connectivity index (χ0v) is 19.2. The summed E-state index contributed by atoms with van der Waals surface area (Å²) in [6, 6.07) is 3.63. The number of hydrogen-bond acceptors (Lipinski definition) is 5. The first-order chi connectivity index (χ1) is 15.4. The number of aryl methyl sites for hydroxylation is 2. The van der Waals surface area contributed by atoms with Crippen LogP contribution in [-0.4, -0.2) is 51.6 Å². The quantitative estimate of drug-likeness (QED) is 0.436. The number of carbonyl (C=O) groups excluding carboxylic acids is 1. The lowest BCUT2D eigenvalue weighted by molar-refractivity contribution is -0.272. The molecule has 0 spiro atoms. The van der Waals surface area contributed by atoms with Crippen molar-refractivity contribution in [2.75, 3.05) is 20.3 Å². The minimum absolute atomic E-state index is 0.0303. The Kier molecular flexibility index (Phi) is 8.11. The predicted octanol–water partition coefficient (Wildman–Crippen LogP) is 2.91. The Balaban J connectivity index is 2.19. The Labute approximate surface area is 190 Å². The first kappa shape index (κ1) is 26.2. The van der Waals surface area contributed by atoms with Gasteiger partial charge in [-0.1, -0.05) is 0 Å². The molecule has 2 rings (SSSR count). The molecular weight excluding hydrogens is 439 g/mol. The largest absolute Gasteiger partial charge is 0.424 e. The van der Waals surface area contributed by atoms with Crippen molar-refractivity contribution in [3.8, 4) is 6.07 Å². The summed E-state index contributed by atoms with van der Waals surface area (Å²) in [5, 5.41) is 22.1. The lowest BCUT2D eigenvalue weighted by atomic mass is 9.97. The van der Waals surface area contributed by atoms with Crippen LogP contribution in [0.5, 0.6) is 0 Å². The van der Waals surface area contributed by atoms with Gasteiger partial charge in [0.2, 0.25) is 5.60 Å². The van der Waals surface area contributed by atoms with Gasteiger partial charge < -0.3 is 24.3 Å². The Morgan fingerprint density at radius 3 is 2.61 bits per heavy atom. The third-order valence-electron chi connectivity index (χ3n) is 5.47. The second-order valence-corrected chi connectivity index (χ2v) is 7.90. The molecule has 0 saturated carbocycles. The molecule has 2 aromatic rings. The maximum atomic E-state index is 13.6. The fourth-order valence-electron chi connectivity index (χ4n) is 3.84. The van der Waals surface area contributed by atoms with E-state index in [4.69, 9.17) is 4.74 Å². The third kappa shape index (κ3) is 5.46. The van der Waals surface area contributed by atoms with E-state index in [-0.39, 0.29) is 11.6 Å². The van der Waals surface area contributed by atoms with Gasteiger partial charge in [-0.25, -0.2) is 4.98 Å². The molecule has 0 bridgehead atoms. The number of nitriles is 1. The van der Waals surface area contributed by atoms with Gasteiger partial charge in [-0.05, 0) is 38.5 Å². The Morgan fingerprint density at radius 2 is 2.09 bits per heavy atom. The predicted molar refractivity (Wildman–Crippen MR) is 115 cm³/mol. The standard InChI is InChI=1S/C22H28F3N5O3/c1-14-10-17(16(3)30(14)15(2)13-33-5)11-18(12-26)19(31)27-7-6-21(32,22(23,24)25)20-28-8-9-29(20)4/h8-11,15,32H,6-7,13H2,1-5H3,(H,27,31)/b18-11-. The Hall–Kier alpha value is -3.10. The number of imidazole rings is 1. The molecule has 8 nitrogen and oxygen atoms in total. The van der Waals surface area contributed by atoms with Crippen molar-refractivity contribution in [3.05, 3.63) is 46.8 Å². The maximum Gasteiger partial charge on any atom is 0.424 e. The van der Waals surface area contributed by atoms with Crippen LogP contribution in [0, 0.1) is 25.2 Å². The highest BCUT2D eigenvalue weighted by Crippen LogP contribution is 2.40. The van der Waals surface area contributed by atoms with Gasteiger partial charge in [0.05, 0.1) is 12.6 Å². The highest BCUT2D eigenvalue weighted by Gasteiger charge is 2.57. The molecule has 0 fully saturated rings. The molecule has 0 saturated heterocycles. The van der Waals surface area contributed by atoms with E-state index in [9.17, 15) is 28.3 Å². The molecular formula is C22H28F3N5O3. The smallest absolute Gasteiger partial charge is 0.383 e. The molecule has 2 atom stereocenters. The fraction of sp³-hybridized carbons (Fsp3) is 0.500. The van der Waals surface area contributed by atoms with Gasteiger partial charge in [0, 0.05) is 50.9 Å². The summed E-state index contributed by atoms with van der Waals surface area (Å²) in [5.74, 6) is -1.42. The number of aliphatic hydroxyl groups is 1. The number of amides is 1. The average Bonchev–Trinajstić information content (AvgIpc) is 3.27. The Morgan fingerprint density at radius 1 is 1.42 bits per heavy atom. The van der Waals surface area contributed by atoms with Crippen molar-refractivity contribution in [3.63, 3.8) is 0 Å². The number of nitrogens with zero attached hydrogens (tertiary/aromatic N) is 4. The number of methoxy groups -OCH3 is 1. The van der Waals surface area contributed by atoms with Crippen molar-refractivity contribution in [2.24, 2.45) is 7.05 Å². The van der Waals surface area contributed by atoms with E-state index in [2.05, 4.69) is 10.3 Å². The van der Waals surface area contributed by atoms with E-state index in [1.165, 1.54) is 19.3 Å². The molecule has 180 valence electrons. The van der Waals surface area contributed by atoms with Crippen LogP contribution in [0.2, 0.25) is 0 Å². The third-order valence-corrected chi connectivity index (χ3v) is 5.47. The molecule has 1 amide bonds. The lowest BCUT2D eigenvalue weighted by Gasteiger charge is -2.29. The van der Waals surface area contributed by atoms with Crippen molar-refractivity contribution >= 4 is 12.0 Å². The van der Waals surface area contributed by atoms with Gasteiger partial charge >= 0.3 is 6.18 Å². The summed E-state index contributed by atoms with van der Waals surface area (Å²) in [7, 11) is 2.93. The number of alkyl halides is 3. The minimum atomic E-state index is -5.01. The monoisotopic (exact) mass is 467 g/mol. The van der Waals surface area contributed by atoms with E-state index in [1.807, 2.05) is 31.4 Å². The summed E-state index contributed by atoms with van der Waals surface area (Å²) in [6.45, 7) is 5.65. The number of nitrogens with one attached hydrogen (secondary N) is 1. The lowest BCUT2D eigenvalue weighted by Crippen LogP contribution is -2.46. The van der Waals surface area contributed by atoms with Gasteiger partial charge in [-0.3, -0.25) is 4.79 Å². The summed E-state index contributed by atoms with van der Waals surface area (Å²) in [4.78, 5) is 16.1. The molecule has 2 heterocycles. The molecule has 2 N–H and O–H groups in total. The number of halogens is 3. The molecule has 0 aliphatic carbocycles. The zero-order chi connectivity index (χ0) is 25.0. The van der Waals surface area contributed by atoms with Crippen LogP contribution in [0.3, 0.4) is 0 Å². The van der Waals surface area contributed by atoms with Gasteiger partial charge in [0.1, 0.15) is 17.5 Å². The first-order valence-electron chi connectivity index (χ1n) is 10.2. The minimum Gasteiger partial charge on any atom is -0.383 e. The van der Waals surface area contributed by atoms with E-state index in [1.54, 1.807) is 13.2 Å². The topological polar surface area (TPSA) is 105 Å². The van der Waals surface area contributed by atoms with Crippen LogP contribution in [0.4, 0.5) is 13.2 Å². The molecule has 0 radical (unpaired) electrons. The van der Waals surface area contributed by atoms with Crippen LogP contribution in [0.15, 0.2) is 24.0 Å². The van der Waals surface area contributed by atoms with E-state index in [0.717, 1.165) is 22.2 Å². The summed E-state index contributed by atoms with van der Waals surface area (Å²) < 4.78 is 49.1. The van der Waals surface area contributed by atoms with Crippen LogP contribution in [0.25, 0.3) is 6.08 Å². The normalized spacial score (nSPS) is 15.1. The van der Waals surface area contributed by atoms with Crippen LogP contribution < -0.4 is 5.32 Å². The number of ether oxygens (including phenoxy) is 1. The number of hydrogen-bond donors (Lipinski definition) is 2. The highest BCUT2D eigenvalue weighted by molar-refractivity contribution is 6.01. The van der Waals surface area contributed by atoms with Crippen molar-refractivity contribution < 1.29 is 27.8 Å². The van der Waals surface area contributed by atoms with Crippen LogP contribution in [0.1, 0.15) is 42.2 Å². The summed E-state index contributed by atoms with van der Waals surface area (Å²) >= 11 is 0. The molecule has 0 aromatic carbocycles. The summed E-state index contributed by atoms with van der Waals surface area (Å²) in [5.41, 5.74) is -1.15. The van der Waals surface area contributed by atoms with Crippen molar-refractivity contribution in [2.45, 2.75) is 45.0 Å². The fourth-order valence-corrected chi connectivity index (χ4v) is 3.84.